The van der Waals surface area contributed by atoms with Gasteiger partial charge in [-0.1, -0.05) is 0 Å². The first-order valence-electron chi connectivity index (χ1n) is 4.20. The molecule has 0 aliphatic heterocycles. The fourth-order valence-corrected chi connectivity index (χ4v) is 0.934. The maximum atomic E-state index is 9.19. The number of aromatic nitrogens is 2. The third-order valence-corrected chi connectivity index (χ3v) is 1.61. The molecule has 0 unspecified atom stereocenters. The number of aromatic amines is 1. The van der Waals surface area contributed by atoms with Crippen LogP contribution in [0.3, 0.4) is 0 Å². The van der Waals surface area contributed by atoms with Gasteiger partial charge in [-0.05, 0) is 0 Å². The molecule has 1 aromatic rings. The van der Waals surface area contributed by atoms with E-state index in [4.69, 9.17) is 11.1 Å². The summed E-state index contributed by atoms with van der Waals surface area (Å²) in [4.78, 5) is 0. The molecular weight excluding hydrogens is 184 g/mol. The largest absolute Gasteiger partial charge is 0.504 e. The van der Waals surface area contributed by atoms with Crippen LogP contribution in [0.1, 0.15) is 5.69 Å². The lowest BCUT2D eigenvalue weighted by atomic mass is 10.4. The smallest absolute Gasteiger partial charge is 0.185 e. The Bertz CT molecular complexity index is 296. The molecule has 0 radical (unpaired) electrons. The normalized spacial score (nSPS) is 10.0. The molecule has 0 spiro atoms. The van der Waals surface area contributed by atoms with Gasteiger partial charge >= 0.3 is 0 Å². The van der Waals surface area contributed by atoms with Crippen molar-refractivity contribution in [2.24, 2.45) is 5.73 Å². The number of H-pyrrole nitrogens is 1. The zero-order valence-corrected chi connectivity index (χ0v) is 7.67. The molecule has 0 aromatic carbocycles. The highest BCUT2D eigenvalue weighted by atomic mass is 16.3. The minimum atomic E-state index is -0.0468. The number of nitrogens with zero attached hydrogens (tertiary/aromatic N) is 1. The summed E-state index contributed by atoms with van der Waals surface area (Å²) in [6, 6.07) is 0. The molecule has 0 atom stereocenters. The molecule has 78 valence electrons. The molecule has 0 saturated carbocycles. The molecule has 7 N–H and O–H groups in total. The molecule has 0 bridgehead atoms. The van der Waals surface area contributed by atoms with Gasteiger partial charge in [0.2, 0.25) is 0 Å². The Balaban J connectivity index is 2.10. The summed E-state index contributed by atoms with van der Waals surface area (Å²) in [6.45, 7) is 1.70. The molecule has 7 heteroatoms. The van der Waals surface area contributed by atoms with Gasteiger partial charge in [0.05, 0.1) is 6.20 Å². The minimum Gasteiger partial charge on any atom is -0.504 e. The second-order valence-electron chi connectivity index (χ2n) is 2.73. The maximum Gasteiger partial charge on any atom is 0.185 e. The van der Waals surface area contributed by atoms with Gasteiger partial charge in [-0.25, -0.2) is 0 Å². The third kappa shape index (κ3) is 3.31. The first-order chi connectivity index (χ1) is 6.70. The standard InChI is InChI=1S/C7H14N6O/c8-7(9)11-2-1-10-3-5-6(14)4-12-13-5/h4,10,14H,1-3H2,(H,12,13)(H4,8,9,11). The van der Waals surface area contributed by atoms with Gasteiger partial charge in [0.25, 0.3) is 0 Å². The average Bonchev–Trinajstić information content (AvgIpc) is 2.51. The first-order valence-corrected chi connectivity index (χ1v) is 4.20. The summed E-state index contributed by atoms with van der Waals surface area (Å²) in [5, 5.41) is 28.1. The van der Waals surface area contributed by atoms with Crippen LogP contribution in [0.25, 0.3) is 0 Å². The quantitative estimate of drug-likeness (QED) is 0.199. The molecule has 0 aliphatic rings. The Morgan fingerprint density at radius 3 is 3.00 bits per heavy atom. The van der Waals surface area contributed by atoms with Crippen LogP contribution >= 0.6 is 0 Å². The highest BCUT2D eigenvalue weighted by Crippen LogP contribution is 2.10. The van der Waals surface area contributed by atoms with Crippen LogP contribution in [0.4, 0.5) is 0 Å². The second-order valence-corrected chi connectivity index (χ2v) is 2.73. The molecule has 0 saturated heterocycles. The number of hydrogen-bond donors (Lipinski definition) is 6. The molecule has 1 rings (SSSR count). The van der Waals surface area contributed by atoms with Gasteiger partial charge in [-0.2, -0.15) is 5.10 Å². The van der Waals surface area contributed by atoms with E-state index < -0.39 is 0 Å². The Labute approximate surface area is 81.2 Å². The SMILES string of the molecule is N=C(N)NCCNCc1n[nH]cc1O. The lowest BCUT2D eigenvalue weighted by molar-refractivity contribution is 0.464. The van der Waals surface area contributed by atoms with Crippen molar-refractivity contribution in [1.82, 2.24) is 20.8 Å². The molecule has 7 nitrogen and oxygen atoms in total. The van der Waals surface area contributed by atoms with E-state index in [2.05, 4.69) is 20.8 Å². The van der Waals surface area contributed by atoms with Gasteiger partial charge in [-0.15, -0.1) is 0 Å². The zero-order valence-electron chi connectivity index (χ0n) is 7.67. The Hall–Kier alpha value is -1.76. The predicted molar refractivity (Wildman–Crippen MR) is 51.9 cm³/mol. The van der Waals surface area contributed by atoms with Crippen molar-refractivity contribution in [3.05, 3.63) is 11.9 Å². The number of hydrogen-bond acceptors (Lipinski definition) is 4. The van der Waals surface area contributed by atoms with Gasteiger partial charge < -0.3 is 21.5 Å². The van der Waals surface area contributed by atoms with E-state index in [1.807, 2.05) is 0 Å². The molecule has 14 heavy (non-hydrogen) atoms. The Morgan fingerprint density at radius 1 is 1.64 bits per heavy atom. The molecular formula is C7H14N6O. The van der Waals surface area contributed by atoms with Gasteiger partial charge in [-0.3, -0.25) is 10.5 Å². The van der Waals surface area contributed by atoms with Crippen LogP contribution in [0.15, 0.2) is 6.20 Å². The van der Waals surface area contributed by atoms with Crippen LogP contribution in [0.5, 0.6) is 5.75 Å². The van der Waals surface area contributed by atoms with E-state index in [1.165, 1.54) is 6.20 Å². The highest BCUT2D eigenvalue weighted by molar-refractivity contribution is 5.74. The lowest BCUT2D eigenvalue weighted by Gasteiger charge is -2.04. The van der Waals surface area contributed by atoms with Crippen LogP contribution in [-0.2, 0) is 6.54 Å². The van der Waals surface area contributed by atoms with Crippen molar-refractivity contribution in [1.29, 1.82) is 5.41 Å². The number of aromatic hydroxyl groups is 1. The summed E-state index contributed by atoms with van der Waals surface area (Å²) in [5.41, 5.74) is 5.66. The predicted octanol–water partition coefficient (Wildman–Crippen LogP) is -1.31. The second kappa shape index (κ2) is 5.07. The average molecular weight is 198 g/mol. The number of nitrogens with one attached hydrogen (secondary N) is 4. The van der Waals surface area contributed by atoms with Gasteiger partial charge in [0.15, 0.2) is 11.7 Å². The van der Waals surface area contributed by atoms with Crippen LogP contribution in [0, 0.1) is 5.41 Å². The van der Waals surface area contributed by atoms with E-state index in [0.29, 0.717) is 25.3 Å². The Kier molecular flexibility index (Phi) is 3.74. The van der Waals surface area contributed by atoms with Crippen molar-refractivity contribution < 1.29 is 5.11 Å². The first kappa shape index (κ1) is 10.3. The fourth-order valence-electron chi connectivity index (χ4n) is 0.934. The number of rotatable bonds is 5. The number of guanidine groups is 1. The van der Waals surface area contributed by atoms with Crippen LogP contribution < -0.4 is 16.4 Å². The highest BCUT2D eigenvalue weighted by Gasteiger charge is 2.01. The van der Waals surface area contributed by atoms with Crippen LogP contribution in [0.2, 0.25) is 0 Å². The maximum absolute atomic E-state index is 9.19. The third-order valence-electron chi connectivity index (χ3n) is 1.61. The van der Waals surface area contributed by atoms with Crippen molar-refractivity contribution in [3.63, 3.8) is 0 Å². The van der Waals surface area contributed by atoms with Crippen molar-refractivity contribution in [2.45, 2.75) is 6.54 Å². The van der Waals surface area contributed by atoms with E-state index in [-0.39, 0.29) is 11.7 Å². The van der Waals surface area contributed by atoms with Crippen molar-refractivity contribution in [2.75, 3.05) is 13.1 Å². The molecule has 1 heterocycles. The van der Waals surface area contributed by atoms with E-state index >= 15 is 0 Å². The molecule has 0 amide bonds. The van der Waals surface area contributed by atoms with E-state index in [0.717, 1.165) is 0 Å². The van der Waals surface area contributed by atoms with Gasteiger partial charge in [0.1, 0.15) is 5.69 Å². The minimum absolute atomic E-state index is 0.0468. The summed E-state index contributed by atoms with van der Waals surface area (Å²) < 4.78 is 0. The van der Waals surface area contributed by atoms with E-state index in [9.17, 15) is 5.11 Å². The fraction of sp³-hybridized carbons (Fsp3) is 0.429. The van der Waals surface area contributed by atoms with Crippen molar-refractivity contribution >= 4 is 5.96 Å². The van der Waals surface area contributed by atoms with Gasteiger partial charge in [0, 0.05) is 19.6 Å². The van der Waals surface area contributed by atoms with Crippen molar-refractivity contribution in [3.8, 4) is 5.75 Å². The Morgan fingerprint density at radius 2 is 2.43 bits per heavy atom. The monoisotopic (exact) mass is 198 g/mol. The summed E-state index contributed by atoms with van der Waals surface area (Å²) >= 11 is 0. The van der Waals surface area contributed by atoms with Crippen LogP contribution in [-0.4, -0.2) is 34.4 Å². The topological polar surface area (TPSA) is 123 Å². The lowest BCUT2D eigenvalue weighted by Crippen LogP contribution is -2.35. The molecule has 1 aromatic heterocycles. The molecule has 0 aliphatic carbocycles. The summed E-state index contributed by atoms with van der Waals surface area (Å²) in [6.07, 6.45) is 1.42. The zero-order chi connectivity index (χ0) is 10.4. The van der Waals surface area contributed by atoms with E-state index in [1.54, 1.807) is 0 Å². The summed E-state index contributed by atoms with van der Waals surface area (Å²) in [7, 11) is 0. The number of nitrogens with two attached hydrogens (primary N) is 1. The summed E-state index contributed by atoms with van der Waals surface area (Å²) in [5.74, 6) is 0.103. The molecule has 0 fully saturated rings.